The highest BCUT2D eigenvalue weighted by Gasteiger charge is 2.28. The Morgan fingerprint density at radius 3 is 2.48 bits per heavy atom. The molecule has 0 aromatic heterocycles. The summed E-state index contributed by atoms with van der Waals surface area (Å²) in [5.41, 5.74) is 6.34. The number of rotatable bonds is 7. The van der Waals surface area contributed by atoms with Crippen LogP contribution in [0.3, 0.4) is 0 Å². The zero-order valence-corrected chi connectivity index (χ0v) is 13.3. The maximum absolute atomic E-state index is 12.2. The Morgan fingerprint density at radius 1 is 1.26 bits per heavy atom. The van der Waals surface area contributed by atoms with Gasteiger partial charge in [-0.25, -0.2) is 0 Å². The fourth-order valence-corrected chi connectivity index (χ4v) is 1.83. The van der Waals surface area contributed by atoms with Crippen molar-refractivity contribution in [3.8, 4) is 11.5 Å². The van der Waals surface area contributed by atoms with E-state index in [1.807, 2.05) is 0 Å². The van der Waals surface area contributed by atoms with Gasteiger partial charge in [-0.2, -0.15) is 13.2 Å². The Hall–Kier alpha value is -2.16. The summed E-state index contributed by atoms with van der Waals surface area (Å²) in [6, 6.07) is 5.10. The van der Waals surface area contributed by atoms with E-state index in [1.165, 1.54) is 21.3 Å². The van der Waals surface area contributed by atoms with Gasteiger partial charge in [0.05, 0.1) is 27.3 Å². The van der Waals surface area contributed by atoms with E-state index in [9.17, 15) is 13.2 Å². The number of hydrogen-bond acceptors (Lipinski definition) is 4. The van der Waals surface area contributed by atoms with Crippen molar-refractivity contribution in [2.75, 3.05) is 46.2 Å². The van der Waals surface area contributed by atoms with Gasteiger partial charge in [0.1, 0.15) is 0 Å². The molecule has 0 radical (unpaired) electrons. The Morgan fingerprint density at radius 2 is 1.91 bits per heavy atom. The Kier molecular flexibility index (Phi) is 6.95. The minimum Gasteiger partial charge on any atom is -0.493 e. The Bertz CT molecular complexity index is 535. The predicted octanol–water partition coefficient (Wildman–Crippen LogP) is 1.92. The number of nitrogens with one attached hydrogen (secondary N) is 1. The van der Waals surface area contributed by atoms with E-state index in [0.717, 1.165) is 4.90 Å². The first kappa shape index (κ1) is 18.9. The molecule has 3 N–H and O–H groups in total. The van der Waals surface area contributed by atoms with Crippen LogP contribution in [0.4, 0.5) is 18.9 Å². The van der Waals surface area contributed by atoms with Gasteiger partial charge >= 0.3 is 6.18 Å². The van der Waals surface area contributed by atoms with Crippen molar-refractivity contribution in [3.05, 3.63) is 18.2 Å². The number of alkyl halides is 3. The number of ether oxygens (including phenoxy) is 2. The second-order valence-corrected chi connectivity index (χ2v) is 4.81. The Balaban J connectivity index is 2.54. The summed E-state index contributed by atoms with van der Waals surface area (Å²) in [5.74, 6) is 1.20. The van der Waals surface area contributed by atoms with Gasteiger partial charge in [-0.1, -0.05) is 0 Å². The summed E-state index contributed by atoms with van der Waals surface area (Å²) in [7, 11) is 4.41. The van der Waals surface area contributed by atoms with Gasteiger partial charge in [0, 0.05) is 18.3 Å². The van der Waals surface area contributed by atoms with Gasteiger partial charge in [0.15, 0.2) is 17.5 Å². The molecule has 0 aliphatic heterocycles. The van der Waals surface area contributed by atoms with Crippen LogP contribution in [-0.2, 0) is 0 Å². The fourth-order valence-electron chi connectivity index (χ4n) is 1.83. The summed E-state index contributed by atoms with van der Waals surface area (Å²) in [6.07, 6.45) is -4.22. The first-order valence-electron chi connectivity index (χ1n) is 6.79. The highest BCUT2D eigenvalue weighted by Crippen LogP contribution is 2.29. The second-order valence-electron chi connectivity index (χ2n) is 4.81. The molecule has 0 spiro atoms. The molecular weight excluding hydrogens is 313 g/mol. The van der Waals surface area contributed by atoms with Gasteiger partial charge in [0.2, 0.25) is 0 Å². The molecule has 0 atom stereocenters. The molecule has 0 aliphatic carbocycles. The summed E-state index contributed by atoms with van der Waals surface area (Å²) in [6.45, 7) is -0.682. The molecule has 1 aromatic rings. The fraction of sp³-hybridized carbons (Fsp3) is 0.500. The van der Waals surface area contributed by atoms with E-state index in [2.05, 4.69) is 10.3 Å². The third-order valence-corrected chi connectivity index (χ3v) is 2.87. The monoisotopic (exact) mass is 334 g/mol. The van der Waals surface area contributed by atoms with E-state index in [-0.39, 0.29) is 19.0 Å². The molecule has 0 bridgehead atoms. The van der Waals surface area contributed by atoms with Crippen molar-refractivity contribution in [1.82, 2.24) is 4.90 Å². The standard InChI is InChI=1S/C14H21F3N4O2/c1-21(9-14(15,16)17)7-6-19-13(18)20-10-4-5-11(22-2)12(8-10)23-3/h4-5,8H,6-7,9H2,1-3H3,(H3,18,19,20). The van der Waals surface area contributed by atoms with Gasteiger partial charge in [-0.05, 0) is 19.2 Å². The minimum absolute atomic E-state index is 0.109. The van der Waals surface area contributed by atoms with Gasteiger partial charge in [-0.15, -0.1) is 0 Å². The van der Waals surface area contributed by atoms with Crippen LogP contribution in [0.15, 0.2) is 23.2 Å². The van der Waals surface area contributed by atoms with Crippen LogP contribution in [0, 0.1) is 0 Å². The molecule has 0 saturated heterocycles. The maximum Gasteiger partial charge on any atom is 0.401 e. The van der Waals surface area contributed by atoms with Crippen LogP contribution in [0.5, 0.6) is 11.5 Å². The quantitative estimate of drug-likeness (QED) is 0.589. The van der Waals surface area contributed by atoms with Crippen LogP contribution in [0.1, 0.15) is 0 Å². The normalized spacial score (nSPS) is 12.4. The smallest absolute Gasteiger partial charge is 0.401 e. The first-order valence-corrected chi connectivity index (χ1v) is 6.79. The molecule has 6 nitrogen and oxygen atoms in total. The number of likely N-dealkylation sites (N-methyl/N-ethyl adjacent to an activating group) is 1. The lowest BCUT2D eigenvalue weighted by Gasteiger charge is -2.17. The molecule has 0 amide bonds. The molecule has 0 saturated carbocycles. The third-order valence-electron chi connectivity index (χ3n) is 2.87. The molecule has 0 heterocycles. The summed E-state index contributed by atoms with van der Waals surface area (Å²) < 4.78 is 46.8. The van der Waals surface area contributed by atoms with Gasteiger partial charge in [-0.3, -0.25) is 9.89 Å². The van der Waals surface area contributed by atoms with Crippen molar-refractivity contribution in [3.63, 3.8) is 0 Å². The van der Waals surface area contributed by atoms with Crippen LogP contribution < -0.4 is 20.5 Å². The number of nitrogens with two attached hydrogens (primary N) is 1. The van der Waals surface area contributed by atoms with E-state index in [1.54, 1.807) is 18.2 Å². The lowest BCUT2D eigenvalue weighted by Crippen LogP contribution is -2.33. The molecule has 1 aromatic carbocycles. The number of nitrogens with zero attached hydrogens (tertiary/aromatic N) is 2. The molecule has 0 aliphatic rings. The first-order chi connectivity index (χ1) is 10.7. The zero-order valence-electron chi connectivity index (χ0n) is 13.3. The largest absolute Gasteiger partial charge is 0.493 e. The highest BCUT2D eigenvalue weighted by atomic mass is 19.4. The maximum atomic E-state index is 12.2. The molecular formula is C14H21F3N4O2. The van der Waals surface area contributed by atoms with E-state index < -0.39 is 12.7 Å². The lowest BCUT2D eigenvalue weighted by molar-refractivity contribution is -0.142. The van der Waals surface area contributed by atoms with Crippen molar-refractivity contribution in [1.29, 1.82) is 0 Å². The average molecular weight is 334 g/mol. The summed E-state index contributed by atoms with van der Waals surface area (Å²) in [4.78, 5) is 5.12. The third kappa shape index (κ3) is 7.09. The molecule has 130 valence electrons. The van der Waals surface area contributed by atoms with Crippen LogP contribution in [0.2, 0.25) is 0 Å². The van der Waals surface area contributed by atoms with Crippen LogP contribution >= 0.6 is 0 Å². The molecule has 1 rings (SSSR count). The average Bonchev–Trinajstić information content (AvgIpc) is 2.45. The number of aliphatic imine (C=N–C) groups is 1. The van der Waals surface area contributed by atoms with Crippen LogP contribution in [-0.4, -0.2) is 57.9 Å². The number of methoxy groups -OCH3 is 2. The second kappa shape index (κ2) is 8.47. The summed E-state index contributed by atoms with van der Waals surface area (Å²) >= 11 is 0. The van der Waals surface area contributed by atoms with Gasteiger partial charge in [0.25, 0.3) is 0 Å². The number of halogens is 3. The summed E-state index contributed by atoms with van der Waals surface area (Å²) in [5, 5.41) is 2.84. The van der Waals surface area contributed by atoms with Crippen molar-refractivity contribution in [2.24, 2.45) is 10.7 Å². The number of hydrogen-bond donors (Lipinski definition) is 2. The van der Waals surface area contributed by atoms with Crippen molar-refractivity contribution in [2.45, 2.75) is 6.18 Å². The number of guanidine groups is 1. The van der Waals surface area contributed by atoms with E-state index >= 15 is 0 Å². The molecule has 9 heteroatoms. The van der Waals surface area contributed by atoms with Crippen LogP contribution in [0.25, 0.3) is 0 Å². The highest BCUT2D eigenvalue weighted by molar-refractivity contribution is 5.92. The predicted molar refractivity (Wildman–Crippen MR) is 83.2 cm³/mol. The lowest BCUT2D eigenvalue weighted by atomic mass is 10.3. The minimum atomic E-state index is -4.22. The number of anilines is 1. The topological polar surface area (TPSA) is 72.1 Å². The van der Waals surface area contributed by atoms with Crippen molar-refractivity contribution < 1.29 is 22.6 Å². The molecule has 23 heavy (non-hydrogen) atoms. The van der Waals surface area contributed by atoms with Crippen molar-refractivity contribution >= 4 is 11.6 Å². The molecule has 0 fully saturated rings. The van der Waals surface area contributed by atoms with E-state index in [4.69, 9.17) is 15.2 Å². The van der Waals surface area contributed by atoms with E-state index in [0.29, 0.717) is 17.2 Å². The van der Waals surface area contributed by atoms with Gasteiger partial charge < -0.3 is 20.5 Å². The SMILES string of the molecule is COc1ccc(NC(N)=NCCN(C)CC(F)(F)F)cc1OC. The number of benzene rings is 1. The zero-order chi connectivity index (χ0) is 17.5. The molecule has 0 unspecified atom stereocenters. The Labute approximate surface area is 133 Å².